The summed E-state index contributed by atoms with van der Waals surface area (Å²) in [5, 5.41) is 2.49. The maximum absolute atomic E-state index is 13.3. The van der Waals surface area contributed by atoms with E-state index in [0.717, 1.165) is 5.69 Å². The van der Waals surface area contributed by atoms with Crippen LogP contribution in [0.25, 0.3) is 5.57 Å². The van der Waals surface area contributed by atoms with Crippen LogP contribution in [-0.4, -0.2) is 17.1 Å². The Morgan fingerprint density at radius 3 is 2.47 bits per heavy atom. The van der Waals surface area contributed by atoms with Crippen LogP contribution in [0.5, 0.6) is 5.75 Å². The van der Waals surface area contributed by atoms with Crippen LogP contribution in [0.1, 0.15) is 16.8 Å². The lowest BCUT2D eigenvalue weighted by molar-refractivity contribution is -0.117. The van der Waals surface area contributed by atoms with Gasteiger partial charge in [-0.3, -0.25) is 9.78 Å². The summed E-state index contributed by atoms with van der Waals surface area (Å²) in [6, 6.07) is 19.7. The highest BCUT2D eigenvalue weighted by molar-refractivity contribution is 5.96. The number of benzene rings is 2. The number of carbonyl (C=O) groups excluding carboxylic acids is 1. The smallest absolute Gasteiger partial charge is 0.417 e. The van der Waals surface area contributed by atoms with Crippen molar-refractivity contribution < 1.29 is 22.7 Å². The van der Waals surface area contributed by atoms with Gasteiger partial charge in [-0.25, -0.2) is 0 Å². The van der Waals surface area contributed by atoms with E-state index in [9.17, 15) is 18.0 Å². The fraction of sp³-hybridized carbons (Fsp3) is 0.130. The topological polar surface area (TPSA) is 51.2 Å². The maximum Gasteiger partial charge on any atom is 0.417 e. The van der Waals surface area contributed by atoms with Gasteiger partial charge in [0.05, 0.1) is 11.3 Å². The van der Waals surface area contributed by atoms with E-state index < -0.39 is 17.7 Å². The van der Waals surface area contributed by atoms with Crippen molar-refractivity contribution in [3.8, 4) is 5.75 Å². The molecule has 0 fully saturated rings. The Balaban J connectivity index is 1.63. The van der Waals surface area contributed by atoms with Gasteiger partial charge in [-0.15, -0.1) is 0 Å². The molecule has 1 heterocycles. The summed E-state index contributed by atoms with van der Waals surface area (Å²) in [6.45, 7) is 0.349. The van der Waals surface area contributed by atoms with Crippen molar-refractivity contribution in [2.75, 3.05) is 0 Å². The Morgan fingerprint density at radius 1 is 1.00 bits per heavy atom. The van der Waals surface area contributed by atoms with E-state index in [1.807, 2.05) is 18.2 Å². The molecule has 4 nitrogen and oxygen atoms in total. The second-order valence-electron chi connectivity index (χ2n) is 6.40. The number of allylic oxidation sites excluding steroid dienone is 1. The molecule has 7 heteroatoms. The van der Waals surface area contributed by atoms with Crippen molar-refractivity contribution in [3.63, 3.8) is 0 Å². The third-order valence-electron chi connectivity index (χ3n) is 4.14. The second-order valence-corrected chi connectivity index (χ2v) is 6.40. The number of ether oxygens (including phenoxy) is 1. The van der Waals surface area contributed by atoms with Crippen LogP contribution >= 0.6 is 0 Å². The number of pyridine rings is 1. The van der Waals surface area contributed by atoms with Gasteiger partial charge in [0.15, 0.2) is 0 Å². The molecule has 0 atom stereocenters. The number of halogens is 3. The molecule has 0 bridgehead atoms. The van der Waals surface area contributed by atoms with Gasteiger partial charge in [0.1, 0.15) is 12.4 Å². The fourth-order valence-corrected chi connectivity index (χ4v) is 2.70. The summed E-state index contributed by atoms with van der Waals surface area (Å²) < 4.78 is 45.7. The SMILES string of the molecule is O=C(/C=C(\c1ccccc1)C(F)(F)F)NCc1cccc(OCc2ccccn2)c1. The molecule has 1 amide bonds. The van der Waals surface area contributed by atoms with Gasteiger partial charge < -0.3 is 10.1 Å². The zero-order valence-electron chi connectivity index (χ0n) is 15.9. The predicted molar refractivity (Wildman–Crippen MR) is 107 cm³/mol. The molecule has 3 rings (SSSR count). The number of nitrogens with zero attached hydrogens (tertiary/aromatic N) is 1. The van der Waals surface area contributed by atoms with Crippen molar-refractivity contribution >= 4 is 11.5 Å². The molecule has 1 aromatic heterocycles. The molecule has 0 spiro atoms. The Labute approximate surface area is 172 Å². The molecule has 30 heavy (non-hydrogen) atoms. The van der Waals surface area contributed by atoms with E-state index in [1.165, 1.54) is 24.3 Å². The van der Waals surface area contributed by atoms with Gasteiger partial charge in [-0.05, 0) is 35.4 Å². The number of hydrogen-bond donors (Lipinski definition) is 1. The highest BCUT2D eigenvalue weighted by Crippen LogP contribution is 2.33. The van der Waals surface area contributed by atoms with Crippen LogP contribution in [0.4, 0.5) is 13.2 Å². The first kappa shape index (κ1) is 21.1. The zero-order valence-corrected chi connectivity index (χ0v) is 15.9. The number of rotatable bonds is 7. The van der Waals surface area contributed by atoms with Gasteiger partial charge in [-0.2, -0.15) is 13.2 Å². The molecule has 1 N–H and O–H groups in total. The number of nitrogens with one attached hydrogen (secondary N) is 1. The van der Waals surface area contributed by atoms with E-state index in [1.54, 1.807) is 36.5 Å². The van der Waals surface area contributed by atoms with Crippen LogP contribution < -0.4 is 10.1 Å². The van der Waals surface area contributed by atoms with Crippen molar-refractivity contribution in [1.82, 2.24) is 10.3 Å². The molecule has 0 saturated heterocycles. The molecule has 3 aromatic rings. The number of aromatic nitrogens is 1. The summed E-state index contributed by atoms with van der Waals surface area (Å²) in [5.74, 6) is -0.255. The van der Waals surface area contributed by atoms with Gasteiger partial charge in [0, 0.05) is 18.8 Å². The molecule has 154 valence electrons. The highest BCUT2D eigenvalue weighted by atomic mass is 19.4. The summed E-state index contributed by atoms with van der Waals surface area (Å²) in [7, 11) is 0. The fourth-order valence-electron chi connectivity index (χ4n) is 2.70. The molecule has 0 aliphatic heterocycles. The quantitative estimate of drug-likeness (QED) is 0.561. The van der Waals surface area contributed by atoms with Crippen LogP contribution in [0.15, 0.2) is 85.1 Å². The monoisotopic (exact) mass is 412 g/mol. The van der Waals surface area contributed by atoms with E-state index in [-0.39, 0.29) is 18.7 Å². The third-order valence-corrected chi connectivity index (χ3v) is 4.14. The molecule has 0 aliphatic carbocycles. The Hall–Kier alpha value is -3.61. The molecule has 0 saturated carbocycles. The average molecular weight is 412 g/mol. The largest absolute Gasteiger partial charge is 0.487 e. The van der Waals surface area contributed by atoms with Gasteiger partial charge in [-0.1, -0.05) is 48.5 Å². The highest BCUT2D eigenvalue weighted by Gasteiger charge is 2.35. The Kier molecular flexibility index (Phi) is 6.85. The predicted octanol–water partition coefficient (Wildman–Crippen LogP) is 4.92. The molecular formula is C23H19F3N2O2. The number of alkyl halides is 3. The molecule has 0 unspecified atom stereocenters. The summed E-state index contributed by atoms with van der Waals surface area (Å²) in [6.07, 6.45) is -2.39. The lowest BCUT2D eigenvalue weighted by Crippen LogP contribution is -2.23. The lowest BCUT2D eigenvalue weighted by Gasteiger charge is -2.12. The van der Waals surface area contributed by atoms with E-state index in [2.05, 4.69) is 10.3 Å². The van der Waals surface area contributed by atoms with E-state index in [0.29, 0.717) is 17.4 Å². The average Bonchev–Trinajstić information content (AvgIpc) is 2.75. The summed E-state index contributed by atoms with van der Waals surface area (Å²) >= 11 is 0. The Bertz CT molecular complexity index is 1000. The van der Waals surface area contributed by atoms with Crippen LogP contribution in [-0.2, 0) is 17.9 Å². The maximum atomic E-state index is 13.3. The number of hydrogen-bond acceptors (Lipinski definition) is 3. The van der Waals surface area contributed by atoms with Crippen LogP contribution in [0.2, 0.25) is 0 Å². The van der Waals surface area contributed by atoms with Crippen molar-refractivity contribution in [2.24, 2.45) is 0 Å². The van der Waals surface area contributed by atoms with Gasteiger partial charge in [0.25, 0.3) is 0 Å². The molecule has 0 aliphatic rings. The zero-order chi connectivity index (χ0) is 21.4. The first-order chi connectivity index (χ1) is 14.4. The molecule has 2 aromatic carbocycles. The minimum absolute atomic E-state index is 0.0648. The normalized spacial score (nSPS) is 11.8. The number of carbonyl (C=O) groups is 1. The number of amides is 1. The second kappa shape index (κ2) is 9.73. The Morgan fingerprint density at radius 2 is 1.77 bits per heavy atom. The third kappa shape index (κ3) is 6.20. The van der Waals surface area contributed by atoms with Crippen molar-refractivity contribution in [3.05, 3.63) is 102 Å². The van der Waals surface area contributed by atoms with E-state index >= 15 is 0 Å². The first-order valence-corrected chi connectivity index (χ1v) is 9.15. The van der Waals surface area contributed by atoms with Crippen LogP contribution in [0.3, 0.4) is 0 Å². The van der Waals surface area contributed by atoms with Crippen LogP contribution in [0, 0.1) is 0 Å². The molecular weight excluding hydrogens is 393 g/mol. The minimum Gasteiger partial charge on any atom is -0.487 e. The van der Waals surface area contributed by atoms with E-state index in [4.69, 9.17) is 4.74 Å². The summed E-state index contributed by atoms with van der Waals surface area (Å²) in [5.41, 5.74) is 0.406. The lowest BCUT2D eigenvalue weighted by atomic mass is 10.1. The van der Waals surface area contributed by atoms with Gasteiger partial charge >= 0.3 is 6.18 Å². The first-order valence-electron chi connectivity index (χ1n) is 9.15. The molecule has 0 radical (unpaired) electrons. The van der Waals surface area contributed by atoms with Gasteiger partial charge in [0.2, 0.25) is 5.91 Å². The summed E-state index contributed by atoms with van der Waals surface area (Å²) in [4.78, 5) is 16.3. The van der Waals surface area contributed by atoms with Crippen molar-refractivity contribution in [2.45, 2.75) is 19.3 Å². The van der Waals surface area contributed by atoms with Crippen molar-refractivity contribution in [1.29, 1.82) is 0 Å². The minimum atomic E-state index is -4.64. The standard InChI is InChI=1S/C23H19F3N2O2/c24-23(25,26)21(18-8-2-1-3-9-18)14-22(29)28-15-17-7-6-11-20(13-17)30-16-19-10-4-5-12-27-19/h1-14H,15-16H2,(H,28,29)/b21-14+.